The lowest BCUT2D eigenvalue weighted by Gasteiger charge is -2.10. The van der Waals surface area contributed by atoms with Crippen LogP contribution in [0.3, 0.4) is 0 Å². The average Bonchev–Trinajstić information content (AvgIpc) is 3.16. The van der Waals surface area contributed by atoms with Crippen molar-refractivity contribution in [2.75, 3.05) is 12.3 Å². The Morgan fingerprint density at radius 2 is 2.32 bits per heavy atom. The highest BCUT2D eigenvalue weighted by Gasteiger charge is 2.29. The lowest BCUT2D eigenvalue weighted by atomic mass is 10.1. The van der Waals surface area contributed by atoms with Gasteiger partial charge in [0, 0.05) is 29.3 Å². The SMILES string of the molecule is Nc1ccc2[nH]cc(C(=O)NCC(O)C3CC3)c2c1. The summed E-state index contributed by atoms with van der Waals surface area (Å²) < 4.78 is 0. The Balaban J connectivity index is 1.75. The van der Waals surface area contributed by atoms with Crippen LogP contribution >= 0.6 is 0 Å². The number of aromatic amines is 1. The number of H-pyrrole nitrogens is 1. The monoisotopic (exact) mass is 259 g/mol. The van der Waals surface area contributed by atoms with Gasteiger partial charge in [-0.3, -0.25) is 4.79 Å². The normalized spacial score (nSPS) is 16.5. The van der Waals surface area contributed by atoms with Gasteiger partial charge in [-0.15, -0.1) is 0 Å². The van der Waals surface area contributed by atoms with E-state index in [0.717, 1.165) is 23.7 Å². The van der Waals surface area contributed by atoms with Gasteiger partial charge in [0.1, 0.15) is 0 Å². The van der Waals surface area contributed by atoms with Crippen molar-refractivity contribution < 1.29 is 9.90 Å². The number of aromatic nitrogens is 1. The van der Waals surface area contributed by atoms with Crippen molar-refractivity contribution >= 4 is 22.5 Å². The van der Waals surface area contributed by atoms with Crippen LogP contribution < -0.4 is 11.1 Å². The number of aliphatic hydroxyl groups is 1. The molecular formula is C14H17N3O2. The number of carbonyl (C=O) groups excluding carboxylic acids is 1. The molecule has 0 spiro atoms. The molecule has 1 aliphatic carbocycles. The molecule has 0 aliphatic heterocycles. The molecule has 5 N–H and O–H groups in total. The Morgan fingerprint density at radius 3 is 3.05 bits per heavy atom. The second kappa shape index (κ2) is 4.59. The van der Waals surface area contributed by atoms with E-state index >= 15 is 0 Å². The quantitative estimate of drug-likeness (QED) is 0.623. The van der Waals surface area contributed by atoms with Gasteiger partial charge in [0.2, 0.25) is 0 Å². The number of nitrogens with two attached hydrogens (primary N) is 1. The zero-order valence-electron chi connectivity index (χ0n) is 10.5. The Bertz CT molecular complexity index is 616. The molecule has 2 aromatic rings. The minimum absolute atomic E-state index is 0.184. The number of rotatable bonds is 4. The predicted octanol–water partition coefficient (Wildman–Crippen LogP) is 1.25. The summed E-state index contributed by atoms with van der Waals surface area (Å²) in [7, 11) is 0. The maximum Gasteiger partial charge on any atom is 0.253 e. The molecule has 1 unspecified atom stereocenters. The topological polar surface area (TPSA) is 91.1 Å². The van der Waals surface area contributed by atoms with Gasteiger partial charge < -0.3 is 21.1 Å². The largest absolute Gasteiger partial charge is 0.399 e. The molecule has 5 heteroatoms. The fraction of sp³-hybridized carbons (Fsp3) is 0.357. The molecule has 1 aromatic carbocycles. The van der Waals surface area contributed by atoms with E-state index in [0.29, 0.717) is 23.7 Å². The third kappa shape index (κ3) is 2.42. The molecule has 1 aromatic heterocycles. The van der Waals surface area contributed by atoms with Gasteiger partial charge in [-0.1, -0.05) is 0 Å². The van der Waals surface area contributed by atoms with Crippen LogP contribution in [0.4, 0.5) is 5.69 Å². The molecule has 1 heterocycles. The number of benzene rings is 1. The molecule has 19 heavy (non-hydrogen) atoms. The second-order valence-corrected chi connectivity index (χ2v) is 5.12. The number of nitrogen functional groups attached to an aromatic ring is 1. The van der Waals surface area contributed by atoms with Crippen molar-refractivity contribution in [1.29, 1.82) is 0 Å². The van der Waals surface area contributed by atoms with Crippen molar-refractivity contribution in [2.24, 2.45) is 5.92 Å². The first kappa shape index (κ1) is 12.0. The number of nitrogens with one attached hydrogen (secondary N) is 2. The van der Waals surface area contributed by atoms with Crippen LogP contribution in [0.2, 0.25) is 0 Å². The van der Waals surface area contributed by atoms with Gasteiger partial charge >= 0.3 is 0 Å². The van der Waals surface area contributed by atoms with Gasteiger partial charge in [0.25, 0.3) is 5.91 Å². The zero-order valence-corrected chi connectivity index (χ0v) is 10.5. The number of anilines is 1. The van der Waals surface area contributed by atoms with Crippen LogP contribution in [0.15, 0.2) is 24.4 Å². The molecule has 5 nitrogen and oxygen atoms in total. The minimum Gasteiger partial charge on any atom is -0.399 e. The Hall–Kier alpha value is -2.01. The molecule has 100 valence electrons. The average molecular weight is 259 g/mol. The standard InChI is InChI=1S/C14H17N3O2/c15-9-3-4-12-10(5-9)11(6-16-12)14(19)17-7-13(18)8-1-2-8/h3-6,8,13,16,18H,1-2,7,15H2,(H,17,19). The molecule has 3 rings (SSSR count). The highest BCUT2D eigenvalue weighted by atomic mass is 16.3. The van der Waals surface area contributed by atoms with E-state index in [4.69, 9.17) is 5.73 Å². The molecule has 1 atom stereocenters. The van der Waals surface area contributed by atoms with E-state index in [1.807, 2.05) is 6.07 Å². The maximum atomic E-state index is 12.1. The van der Waals surface area contributed by atoms with Crippen LogP contribution in [0.25, 0.3) is 10.9 Å². The summed E-state index contributed by atoms with van der Waals surface area (Å²) in [5.41, 5.74) is 7.80. The lowest BCUT2D eigenvalue weighted by molar-refractivity contribution is 0.0903. The summed E-state index contributed by atoms with van der Waals surface area (Å²) in [6.45, 7) is 0.304. The van der Waals surface area contributed by atoms with E-state index in [1.54, 1.807) is 18.3 Å². The second-order valence-electron chi connectivity index (χ2n) is 5.12. The van der Waals surface area contributed by atoms with E-state index in [-0.39, 0.29) is 5.91 Å². The number of amides is 1. The van der Waals surface area contributed by atoms with Crippen LogP contribution in [0, 0.1) is 5.92 Å². The number of fused-ring (bicyclic) bond motifs is 1. The third-order valence-electron chi connectivity index (χ3n) is 3.59. The van der Waals surface area contributed by atoms with E-state index < -0.39 is 6.10 Å². The zero-order chi connectivity index (χ0) is 13.4. The smallest absolute Gasteiger partial charge is 0.253 e. The fourth-order valence-electron chi connectivity index (χ4n) is 2.27. The summed E-state index contributed by atoms with van der Waals surface area (Å²) in [5, 5.41) is 13.3. The first-order valence-electron chi connectivity index (χ1n) is 6.48. The molecule has 1 saturated carbocycles. The maximum absolute atomic E-state index is 12.1. The Labute approximate surface area is 110 Å². The van der Waals surface area contributed by atoms with Gasteiger partial charge in [-0.05, 0) is 37.0 Å². The van der Waals surface area contributed by atoms with Crippen LogP contribution in [-0.4, -0.2) is 28.6 Å². The van der Waals surface area contributed by atoms with Gasteiger partial charge in [-0.2, -0.15) is 0 Å². The summed E-state index contributed by atoms with van der Waals surface area (Å²) >= 11 is 0. The Morgan fingerprint density at radius 1 is 1.53 bits per heavy atom. The number of hydrogen-bond donors (Lipinski definition) is 4. The first-order chi connectivity index (χ1) is 9.15. The van der Waals surface area contributed by atoms with Crippen molar-refractivity contribution in [3.8, 4) is 0 Å². The molecule has 1 aliphatic rings. The molecule has 0 radical (unpaired) electrons. The molecule has 0 saturated heterocycles. The highest BCUT2D eigenvalue weighted by Crippen LogP contribution is 2.32. The van der Waals surface area contributed by atoms with Crippen molar-refractivity contribution in [1.82, 2.24) is 10.3 Å². The lowest BCUT2D eigenvalue weighted by Crippen LogP contribution is -2.33. The summed E-state index contributed by atoms with van der Waals surface area (Å²) in [6, 6.07) is 5.41. The molecule has 1 fully saturated rings. The first-order valence-corrected chi connectivity index (χ1v) is 6.48. The fourth-order valence-corrected chi connectivity index (χ4v) is 2.27. The summed E-state index contributed by atoms with van der Waals surface area (Å²) in [4.78, 5) is 15.1. The van der Waals surface area contributed by atoms with Crippen LogP contribution in [-0.2, 0) is 0 Å². The molecular weight excluding hydrogens is 242 g/mol. The highest BCUT2D eigenvalue weighted by molar-refractivity contribution is 6.07. The van der Waals surface area contributed by atoms with E-state index in [2.05, 4.69) is 10.3 Å². The van der Waals surface area contributed by atoms with E-state index in [1.165, 1.54) is 0 Å². The van der Waals surface area contributed by atoms with Gasteiger partial charge in [0.05, 0.1) is 11.7 Å². The Kier molecular flexibility index (Phi) is 2.91. The number of hydrogen-bond acceptors (Lipinski definition) is 3. The van der Waals surface area contributed by atoms with Crippen molar-refractivity contribution in [2.45, 2.75) is 18.9 Å². The predicted molar refractivity (Wildman–Crippen MR) is 73.8 cm³/mol. The van der Waals surface area contributed by atoms with Crippen LogP contribution in [0.5, 0.6) is 0 Å². The van der Waals surface area contributed by atoms with Gasteiger partial charge in [-0.25, -0.2) is 0 Å². The number of aliphatic hydroxyl groups excluding tert-OH is 1. The summed E-state index contributed by atoms with van der Waals surface area (Å²) in [5.74, 6) is 0.176. The minimum atomic E-state index is -0.431. The number of carbonyl (C=O) groups is 1. The van der Waals surface area contributed by atoms with Crippen molar-refractivity contribution in [3.05, 3.63) is 30.0 Å². The molecule has 1 amide bonds. The van der Waals surface area contributed by atoms with Gasteiger partial charge in [0.15, 0.2) is 0 Å². The van der Waals surface area contributed by atoms with Crippen molar-refractivity contribution in [3.63, 3.8) is 0 Å². The van der Waals surface area contributed by atoms with E-state index in [9.17, 15) is 9.90 Å². The van der Waals surface area contributed by atoms with Crippen LogP contribution in [0.1, 0.15) is 23.2 Å². The molecule has 0 bridgehead atoms. The third-order valence-corrected chi connectivity index (χ3v) is 3.59. The summed E-state index contributed by atoms with van der Waals surface area (Å²) in [6.07, 6.45) is 3.35.